The fourth-order valence-corrected chi connectivity index (χ4v) is 3.20. The van der Waals surface area contributed by atoms with Gasteiger partial charge in [-0.25, -0.2) is 0 Å². The molecule has 1 amide bonds. The first-order chi connectivity index (χ1) is 11.6. The Morgan fingerprint density at radius 1 is 1.38 bits per heavy atom. The highest BCUT2D eigenvalue weighted by Crippen LogP contribution is 2.39. The van der Waals surface area contributed by atoms with Crippen molar-refractivity contribution < 1.29 is 4.79 Å². The molecule has 2 heterocycles. The van der Waals surface area contributed by atoms with Crippen LogP contribution in [0.5, 0.6) is 0 Å². The summed E-state index contributed by atoms with van der Waals surface area (Å²) in [6, 6.07) is 8.35. The Morgan fingerprint density at radius 3 is 2.96 bits per heavy atom. The van der Waals surface area contributed by atoms with Crippen LogP contribution in [0.2, 0.25) is 0 Å². The number of benzene rings is 1. The maximum Gasteiger partial charge on any atom is 0.230 e. The number of nitrogens with one attached hydrogen (secondary N) is 1. The van der Waals surface area contributed by atoms with Crippen LogP contribution in [0, 0.1) is 5.92 Å². The summed E-state index contributed by atoms with van der Waals surface area (Å²) in [5.41, 5.74) is 2.57. The zero-order valence-corrected chi connectivity index (χ0v) is 13.9. The Kier molecular flexibility index (Phi) is 3.59. The van der Waals surface area contributed by atoms with Gasteiger partial charge in [-0.2, -0.15) is 10.2 Å². The number of amides is 1. The maximum absolute atomic E-state index is 12.4. The largest absolute Gasteiger partial charge is 0.323 e. The van der Waals surface area contributed by atoms with Gasteiger partial charge >= 0.3 is 0 Å². The average Bonchev–Trinajstić information content (AvgIpc) is 3.25. The molecule has 1 saturated carbocycles. The fourth-order valence-electron chi connectivity index (χ4n) is 3.20. The Hall–Kier alpha value is -2.63. The Morgan fingerprint density at radius 2 is 2.17 bits per heavy atom. The molecule has 1 aromatic carbocycles. The molecule has 1 N–H and O–H groups in total. The van der Waals surface area contributed by atoms with Gasteiger partial charge in [-0.3, -0.25) is 14.2 Å². The lowest BCUT2D eigenvalue weighted by atomic mass is 10.1. The number of aryl methyl sites for hydroxylation is 1. The number of nitrogens with zero attached hydrogens (tertiary/aromatic N) is 4. The number of carbonyl (C=O) groups excluding carboxylic acids is 1. The monoisotopic (exact) mass is 323 g/mol. The topological polar surface area (TPSA) is 64.7 Å². The van der Waals surface area contributed by atoms with E-state index in [-0.39, 0.29) is 12.3 Å². The lowest BCUT2D eigenvalue weighted by Crippen LogP contribution is -2.15. The third-order valence-corrected chi connectivity index (χ3v) is 4.77. The highest BCUT2D eigenvalue weighted by Gasteiger charge is 2.29. The lowest BCUT2D eigenvalue weighted by Gasteiger charge is -2.09. The van der Waals surface area contributed by atoms with Gasteiger partial charge in [0.05, 0.1) is 35.6 Å². The minimum absolute atomic E-state index is 0.0718. The van der Waals surface area contributed by atoms with Crippen molar-refractivity contribution in [3.05, 3.63) is 42.4 Å². The van der Waals surface area contributed by atoms with Crippen molar-refractivity contribution in [2.75, 3.05) is 5.32 Å². The molecule has 4 rings (SSSR count). The molecule has 1 aliphatic rings. The van der Waals surface area contributed by atoms with E-state index in [1.54, 1.807) is 6.20 Å². The third-order valence-electron chi connectivity index (χ3n) is 4.77. The molecule has 1 aliphatic carbocycles. The summed E-state index contributed by atoms with van der Waals surface area (Å²) < 4.78 is 3.76. The maximum atomic E-state index is 12.4. The number of hydrogen-bond donors (Lipinski definition) is 1. The predicted octanol–water partition coefficient (Wildman–Crippen LogP) is 2.92. The standard InChI is InChI=1S/C18H21N5O/c1-12(13-7-8-13)23-11-14(10-19-23)20-18(24)9-16-15-5-3-4-6-17(15)22(2)21-16/h3-6,10-13H,7-9H2,1-2H3,(H,20,24). The molecule has 0 spiro atoms. The molecular weight excluding hydrogens is 302 g/mol. The van der Waals surface area contributed by atoms with Crippen LogP contribution in [0.3, 0.4) is 0 Å². The van der Waals surface area contributed by atoms with E-state index in [2.05, 4.69) is 22.4 Å². The first-order valence-electron chi connectivity index (χ1n) is 8.36. The van der Waals surface area contributed by atoms with E-state index in [0.29, 0.717) is 6.04 Å². The molecular formula is C18H21N5O. The van der Waals surface area contributed by atoms with E-state index in [4.69, 9.17) is 0 Å². The lowest BCUT2D eigenvalue weighted by molar-refractivity contribution is -0.115. The minimum Gasteiger partial charge on any atom is -0.323 e. The van der Waals surface area contributed by atoms with Gasteiger partial charge in [0.2, 0.25) is 5.91 Å². The average molecular weight is 323 g/mol. The Bertz CT molecular complexity index is 890. The van der Waals surface area contributed by atoms with Crippen molar-refractivity contribution in [3.63, 3.8) is 0 Å². The summed E-state index contributed by atoms with van der Waals surface area (Å²) in [7, 11) is 1.90. The van der Waals surface area contributed by atoms with Gasteiger partial charge in [0.1, 0.15) is 0 Å². The predicted molar refractivity (Wildman–Crippen MR) is 92.7 cm³/mol. The van der Waals surface area contributed by atoms with Crippen LogP contribution in [0.1, 0.15) is 31.5 Å². The van der Waals surface area contributed by atoms with E-state index in [1.165, 1.54) is 12.8 Å². The second-order valence-corrected chi connectivity index (χ2v) is 6.60. The highest BCUT2D eigenvalue weighted by molar-refractivity contribution is 5.94. The molecule has 6 heteroatoms. The minimum atomic E-state index is -0.0718. The van der Waals surface area contributed by atoms with Gasteiger partial charge in [0.25, 0.3) is 0 Å². The SMILES string of the molecule is CC(C1CC1)n1cc(NC(=O)Cc2nn(C)c3ccccc23)cn1. The fraction of sp³-hybridized carbons (Fsp3) is 0.389. The number of aromatic nitrogens is 4. The number of hydrogen-bond acceptors (Lipinski definition) is 3. The molecule has 0 saturated heterocycles. The van der Waals surface area contributed by atoms with E-state index in [1.807, 2.05) is 46.9 Å². The quantitative estimate of drug-likeness (QED) is 0.785. The molecule has 6 nitrogen and oxygen atoms in total. The molecule has 3 aromatic rings. The smallest absolute Gasteiger partial charge is 0.230 e. The number of rotatable bonds is 5. The van der Waals surface area contributed by atoms with Gasteiger partial charge in [-0.15, -0.1) is 0 Å². The molecule has 24 heavy (non-hydrogen) atoms. The van der Waals surface area contributed by atoms with Gasteiger partial charge in [0.15, 0.2) is 0 Å². The van der Waals surface area contributed by atoms with Gasteiger partial charge in [-0.1, -0.05) is 18.2 Å². The third kappa shape index (κ3) is 2.79. The summed E-state index contributed by atoms with van der Waals surface area (Å²) in [6.45, 7) is 2.18. The second-order valence-electron chi connectivity index (χ2n) is 6.60. The van der Waals surface area contributed by atoms with Crippen molar-refractivity contribution in [2.45, 2.75) is 32.2 Å². The van der Waals surface area contributed by atoms with Crippen molar-refractivity contribution in [1.82, 2.24) is 19.6 Å². The zero-order chi connectivity index (χ0) is 16.7. The first kappa shape index (κ1) is 14.9. The van der Waals surface area contributed by atoms with Crippen LogP contribution in [-0.4, -0.2) is 25.5 Å². The van der Waals surface area contributed by atoms with Crippen LogP contribution in [0.15, 0.2) is 36.7 Å². The summed E-state index contributed by atoms with van der Waals surface area (Å²) >= 11 is 0. The zero-order valence-electron chi connectivity index (χ0n) is 13.9. The molecule has 0 bridgehead atoms. The van der Waals surface area contributed by atoms with Crippen LogP contribution in [0.4, 0.5) is 5.69 Å². The van der Waals surface area contributed by atoms with Crippen LogP contribution in [-0.2, 0) is 18.3 Å². The molecule has 1 fully saturated rings. The number of para-hydroxylation sites is 1. The first-order valence-corrected chi connectivity index (χ1v) is 8.36. The van der Waals surface area contributed by atoms with Gasteiger partial charge < -0.3 is 5.32 Å². The van der Waals surface area contributed by atoms with E-state index in [9.17, 15) is 4.79 Å². The number of fused-ring (bicyclic) bond motifs is 1. The molecule has 1 atom stereocenters. The van der Waals surface area contributed by atoms with Crippen molar-refractivity contribution >= 4 is 22.5 Å². The number of carbonyl (C=O) groups is 1. The summed E-state index contributed by atoms with van der Waals surface area (Å²) in [4.78, 5) is 12.4. The van der Waals surface area contributed by atoms with Crippen molar-refractivity contribution in [2.24, 2.45) is 13.0 Å². The number of anilines is 1. The normalized spacial score (nSPS) is 15.6. The Balaban J connectivity index is 1.46. The molecule has 0 radical (unpaired) electrons. The molecule has 1 unspecified atom stereocenters. The molecule has 124 valence electrons. The van der Waals surface area contributed by atoms with Crippen molar-refractivity contribution in [1.29, 1.82) is 0 Å². The molecule has 0 aliphatic heterocycles. The summed E-state index contributed by atoms with van der Waals surface area (Å²) in [5, 5.41) is 12.8. The van der Waals surface area contributed by atoms with Crippen molar-refractivity contribution in [3.8, 4) is 0 Å². The second kappa shape index (κ2) is 5.78. The Labute approximate surface area is 140 Å². The summed E-state index contributed by atoms with van der Waals surface area (Å²) in [5.74, 6) is 0.658. The van der Waals surface area contributed by atoms with E-state index < -0.39 is 0 Å². The van der Waals surface area contributed by atoms with Gasteiger partial charge in [-0.05, 0) is 31.7 Å². The van der Waals surface area contributed by atoms with Gasteiger partial charge in [0, 0.05) is 18.6 Å². The van der Waals surface area contributed by atoms with E-state index in [0.717, 1.165) is 28.2 Å². The van der Waals surface area contributed by atoms with Crippen LogP contribution in [0.25, 0.3) is 10.9 Å². The van der Waals surface area contributed by atoms with Crippen LogP contribution < -0.4 is 5.32 Å². The van der Waals surface area contributed by atoms with Crippen LogP contribution >= 0.6 is 0 Å². The highest BCUT2D eigenvalue weighted by atomic mass is 16.1. The summed E-state index contributed by atoms with van der Waals surface area (Å²) in [6.07, 6.45) is 6.43. The molecule has 2 aromatic heterocycles. The van der Waals surface area contributed by atoms with E-state index >= 15 is 0 Å².